The van der Waals surface area contributed by atoms with Crippen LogP contribution in [0.1, 0.15) is 13.3 Å². The summed E-state index contributed by atoms with van der Waals surface area (Å²) in [7, 11) is 1.59. The number of carbonyl (C=O) groups is 1. The van der Waals surface area contributed by atoms with E-state index in [1.54, 1.807) is 14.0 Å². The highest BCUT2D eigenvalue weighted by Crippen LogP contribution is 2.10. The first-order valence-electron chi connectivity index (χ1n) is 4.92. The molecule has 0 aromatic heterocycles. The van der Waals surface area contributed by atoms with Gasteiger partial charge < -0.3 is 9.47 Å². The number of rotatable bonds is 6. The summed E-state index contributed by atoms with van der Waals surface area (Å²) < 4.78 is 10.6. The van der Waals surface area contributed by atoms with Crippen LogP contribution in [0.15, 0.2) is 30.3 Å². The molecule has 0 amide bonds. The van der Waals surface area contributed by atoms with Gasteiger partial charge in [-0.2, -0.15) is 0 Å². The van der Waals surface area contributed by atoms with Gasteiger partial charge in [0.2, 0.25) is 0 Å². The second kappa shape index (κ2) is 6.19. The van der Waals surface area contributed by atoms with Crippen molar-refractivity contribution < 1.29 is 14.3 Å². The zero-order valence-corrected chi connectivity index (χ0v) is 9.10. The first-order chi connectivity index (χ1) is 7.22. The van der Waals surface area contributed by atoms with Crippen molar-refractivity contribution in [3.63, 3.8) is 0 Å². The molecule has 0 aliphatic carbocycles. The van der Waals surface area contributed by atoms with Crippen LogP contribution in [0.4, 0.5) is 0 Å². The summed E-state index contributed by atoms with van der Waals surface area (Å²) >= 11 is 0. The van der Waals surface area contributed by atoms with Crippen molar-refractivity contribution in [2.75, 3.05) is 13.7 Å². The fourth-order valence-corrected chi connectivity index (χ4v) is 1.24. The average Bonchev–Trinajstić information content (AvgIpc) is 2.25. The summed E-state index contributed by atoms with van der Waals surface area (Å²) in [6, 6.07) is 9.49. The van der Waals surface area contributed by atoms with Crippen molar-refractivity contribution in [2.45, 2.75) is 19.4 Å². The third-order valence-corrected chi connectivity index (χ3v) is 2.03. The van der Waals surface area contributed by atoms with Gasteiger partial charge >= 0.3 is 0 Å². The molecule has 0 heterocycles. The molecule has 3 nitrogen and oxygen atoms in total. The van der Waals surface area contributed by atoms with Crippen LogP contribution in [-0.2, 0) is 9.53 Å². The van der Waals surface area contributed by atoms with Gasteiger partial charge in [0.05, 0.1) is 6.10 Å². The van der Waals surface area contributed by atoms with Gasteiger partial charge in [-0.3, -0.25) is 4.79 Å². The Balaban J connectivity index is 2.37. The largest absolute Gasteiger partial charge is 0.491 e. The van der Waals surface area contributed by atoms with Gasteiger partial charge in [0.25, 0.3) is 0 Å². The number of methoxy groups -OCH3 is 1. The molecular weight excluding hydrogens is 192 g/mol. The highest BCUT2D eigenvalue weighted by Gasteiger charge is 2.10. The van der Waals surface area contributed by atoms with E-state index in [1.807, 2.05) is 30.3 Å². The third kappa shape index (κ3) is 4.61. The van der Waals surface area contributed by atoms with E-state index in [0.29, 0.717) is 13.0 Å². The zero-order chi connectivity index (χ0) is 11.1. The number of benzene rings is 1. The molecule has 82 valence electrons. The Morgan fingerprint density at radius 2 is 2.00 bits per heavy atom. The summed E-state index contributed by atoms with van der Waals surface area (Å²) in [5.74, 6) is 0.904. The third-order valence-electron chi connectivity index (χ3n) is 2.03. The minimum atomic E-state index is -0.164. The zero-order valence-electron chi connectivity index (χ0n) is 9.10. The molecule has 0 aliphatic heterocycles. The first kappa shape index (κ1) is 11.7. The average molecular weight is 208 g/mol. The van der Waals surface area contributed by atoms with Crippen LogP contribution in [0.2, 0.25) is 0 Å². The van der Waals surface area contributed by atoms with Crippen LogP contribution >= 0.6 is 0 Å². The van der Waals surface area contributed by atoms with Crippen molar-refractivity contribution in [1.29, 1.82) is 0 Å². The molecule has 1 rings (SSSR count). The normalized spacial score (nSPS) is 12.1. The molecule has 1 aromatic carbocycles. The summed E-state index contributed by atoms with van der Waals surface area (Å²) in [6.45, 7) is 1.95. The SMILES string of the molecule is COC(COc1ccccc1)CC(C)=O. The minimum Gasteiger partial charge on any atom is -0.491 e. The maximum absolute atomic E-state index is 10.9. The molecule has 15 heavy (non-hydrogen) atoms. The van der Waals surface area contributed by atoms with Crippen molar-refractivity contribution in [2.24, 2.45) is 0 Å². The molecule has 0 aliphatic rings. The van der Waals surface area contributed by atoms with E-state index >= 15 is 0 Å². The maximum Gasteiger partial charge on any atom is 0.132 e. The fourth-order valence-electron chi connectivity index (χ4n) is 1.24. The van der Waals surface area contributed by atoms with Crippen molar-refractivity contribution >= 4 is 5.78 Å². The second-order valence-corrected chi connectivity index (χ2v) is 3.39. The topological polar surface area (TPSA) is 35.5 Å². The Labute approximate surface area is 90.0 Å². The number of para-hydroxylation sites is 1. The minimum absolute atomic E-state index is 0.110. The van der Waals surface area contributed by atoms with Crippen LogP contribution in [0.5, 0.6) is 5.75 Å². The lowest BCUT2D eigenvalue weighted by atomic mass is 10.2. The van der Waals surface area contributed by atoms with Gasteiger partial charge in [-0.05, 0) is 19.1 Å². The van der Waals surface area contributed by atoms with Crippen LogP contribution in [0.25, 0.3) is 0 Å². The highest BCUT2D eigenvalue weighted by atomic mass is 16.5. The predicted octanol–water partition coefficient (Wildman–Crippen LogP) is 2.06. The molecule has 1 atom stereocenters. The van der Waals surface area contributed by atoms with Gasteiger partial charge in [0.1, 0.15) is 18.1 Å². The molecule has 3 heteroatoms. The lowest BCUT2D eigenvalue weighted by Crippen LogP contribution is -2.22. The first-order valence-corrected chi connectivity index (χ1v) is 4.92. The van der Waals surface area contributed by atoms with Crippen molar-refractivity contribution in [1.82, 2.24) is 0 Å². The highest BCUT2D eigenvalue weighted by molar-refractivity contribution is 5.75. The number of hydrogen-bond donors (Lipinski definition) is 0. The molecule has 0 bridgehead atoms. The molecule has 0 fully saturated rings. The summed E-state index contributed by atoms with van der Waals surface area (Å²) in [5, 5.41) is 0. The number of Topliss-reactive ketones (excluding diaryl/α,β-unsaturated/α-hetero) is 1. The Bertz CT molecular complexity index is 295. The number of ketones is 1. The number of hydrogen-bond acceptors (Lipinski definition) is 3. The van der Waals surface area contributed by atoms with E-state index in [1.165, 1.54) is 0 Å². The summed E-state index contributed by atoms with van der Waals surface area (Å²) in [4.78, 5) is 10.9. The van der Waals surface area contributed by atoms with Gasteiger partial charge in [0, 0.05) is 13.5 Å². The molecule has 1 unspecified atom stereocenters. The van der Waals surface area contributed by atoms with E-state index < -0.39 is 0 Å². The monoisotopic (exact) mass is 208 g/mol. The van der Waals surface area contributed by atoms with E-state index in [9.17, 15) is 4.79 Å². The molecule has 0 spiro atoms. The Kier molecular flexibility index (Phi) is 4.84. The standard InChI is InChI=1S/C12H16O3/c1-10(13)8-12(14-2)9-15-11-6-4-3-5-7-11/h3-7,12H,8-9H2,1-2H3. The molecule has 0 saturated heterocycles. The lowest BCUT2D eigenvalue weighted by Gasteiger charge is -2.14. The molecule has 1 aromatic rings. The predicted molar refractivity (Wildman–Crippen MR) is 58.0 cm³/mol. The molecular formula is C12H16O3. The van der Waals surface area contributed by atoms with Crippen LogP contribution in [0, 0.1) is 0 Å². The molecule has 0 radical (unpaired) electrons. The fraction of sp³-hybridized carbons (Fsp3) is 0.417. The van der Waals surface area contributed by atoms with Crippen LogP contribution < -0.4 is 4.74 Å². The van der Waals surface area contributed by atoms with Crippen molar-refractivity contribution in [3.8, 4) is 5.75 Å². The smallest absolute Gasteiger partial charge is 0.132 e. The maximum atomic E-state index is 10.9. The van der Waals surface area contributed by atoms with Gasteiger partial charge in [-0.1, -0.05) is 18.2 Å². The molecule has 0 N–H and O–H groups in total. The second-order valence-electron chi connectivity index (χ2n) is 3.39. The Morgan fingerprint density at radius 1 is 1.33 bits per heavy atom. The van der Waals surface area contributed by atoms with E-state index in [0.717, 1.165) is 5.75 Å². The molecule has 0 saturated carbocycles. The van der Waals surface area contributed by atoms with Crippen LogP contribution in [-0.4, -0.2) is 25.6 Å². The lowest BCUT2D eigenvalue weighted by molar-refractivity contribution is -0.119. The Morgan fingerprint density at radius 3 is 2.53 bits per heavy atom. The van der Waals surface area contributed by atoms with Crippen molar-refractivity contribution in [3.05, 3.63) is 30.3 Å². The van der Waals surface area contributed by atoms with Gasteiger partial charge in [-0.15, -0.1) is 0 Å². The van der Waals surface area contributed by atoms with Gasteiger partial charge in [0.15, 0.2) is 0 Å². The Hall–Kier alpha value is -1.35. The van der Waals surface area contributed by atoms with E-state index in [-0.39, 0.29) is 11.9 Å². The summed E-state index contributed by atoms with van der Waals surface area (Å²) in [5.41, 5.74) is 0. The van der Waals surface area contributed by atoms with Gasteiger partial charge in [-0.25, -0.2) is 0 Å². The quantitative estimate of drug-likeness (QED) is 0.717. The van der Waals surface area contributed by atoms with E-state index in [4.69, 9.17) is 9.47 Å². The summed E-state index contributed by atoms with van der Waals surface area (Å²) in [6.07, 6.45) is 0.228. The number of ether oxygens (including phenoxy) is 2. The number of carbonyl (C=O) groups excluding carboxylic acids is 1. The van der Waals surface area contributed by atoms with E-state index in [2.05, 4.69) is 0 Å². The van der Waals surface area contributed by atoms with Crippen LogP contribution in [0.3, 0.4) is 0 Å².